The standard InChI is InChI=1S/C22H16N4O6S/c27-21-20(33-22(28)24(21)13-15-7-9-17(10-8-15)25(29)30)12-18-5-3-11-23(18)14-16-4-1-2-6-19(16)26(31)32/h1-12H,13-14H2/b20-12-. The molecule has 1 aliphatic heterocycles. The van der Waals surface area contributed by atoms with Gasteiger partial charge >= 0.3 is 0 Å². The fourth-order valence-electron chi connectivity index (χ4n) is 3.38. The lowest BCUT2D eigenvalue weighted by molar-refractivity contribution is -0.385. The predicted molar refractivity (Wildman–Crippen MR) is 121 cm³/mol. The zero-order chi connectivity index (χ0) is 23.5. The monoisotopic (exact) mass is 464 g/mol. The highest BCUT2D eigenvalue weighted by atomic mass is 32.2. The van der Waals surface area contributed by atoms with Crippen molar-refractivity contribution in [1.29, 1.82) is 0 Å². The number of hydrogen-bond acceptors (Lipinski definition) is 7. The fourth-order valence-corrected chi connectivity index (χ4v) is 4.21. The van der Waals surface area contributed by atoms with E-state index in [2.05, 4.69) is 0 Å². The molecular weight excluding hydrogens is 448 g/mol. The first-order valence-corrected chi connectivity index (χ1v) is 10.5. The molecule has 2 amide bonds. The number of nitro groups is 2. The summed E-state index contributed by atoms with van der Waals surface area (Å²) in [6.07, 6.45) is 3.32. The highest BCUT2D eigenvalue weighted by molar-refractivity contribution is 8.18. The number of non-ortho nitro benzene ring substituents is 1. The SMILES string of the molecule is O=C1S/C(=C\c2cccn2Cc2ccccc2[N+](=O)[O-])C(=O)N1Cc1ccc([N+](=O)[O-])cc1. The summed E-state index contributed by atoms with van der Waals surface area (Å²) >= 11 is 0.799. The molecule has 1 aromatic heterocycles. The first kappa shape index (κ1) is 22.0. The third kappa shape index (κ3) is 4.67. The summed E-state index contributed by atoms with van der Waals surface area (Å²) in [7, 11) is 0. The zero-order valence-electron chi connectivity index (χ0n) is 17.0. The van der Waals surface area contributed by atoms with Crippen LogP contribution in [-0.4, -0.2) is 30.5 Å². The highest BCUT2D eigenvalue weighted by Gasteiger charge is 2.35. The van der Waals surface area contributed by atoms with Crippen molar-refractivity contribution in [3.63, 3.8) is 0 Å². The molecule has 166 valence electrons. The lowest BCUT2D eigenvalue weighted by Gasteiger charge is -2.12. The largest absolute Gasteiger partial charge is 0.343 e. The molecule has 0 N–H and O–H groups in total. The molecule has 11 heteroatoms. The molecule has 1 saturated heterocycles. The fraction of sp³-hybridized carbons (Fsp3) is 0.0909. The number of nitro benzene ring substituents is 2. The topological polar surface area (TPSA) is 129 Å². The summed E-state index contributed by atoms with van der Waals surface area (Å²) in [6.45, 7) is 0.222. The van der Waals surface area contributed by atoms with E-state index in [0.29, 0.717) is 16.8 Å². The van der Waals surface area contributed by atoms with Gasteiger partial charge in [-0.15, -0.1) is 0 Å². The summed E-state index contributed by atoms with van der Waals surface area (Å²) in [4.78, 5) is 47.7. The lowest BCUT2D eigenvalue weighted by Crippen LogP contribution is -2.27. The number of rotatable bonds is 7. The molecule has 0 saturated carbocycles. The van der Waals surface area contributed by atoms with Crippen molar-refractivity contribution in [3.8, 4) is 0 Å². The van der Waals surface area contributed by atoms with Crippen LogP contribution in [0.4, 0.5) is 16.2 Å². The number of thioether (sulfide) groups is 1. The minimum absolute atomic E-state index is 0.000529. The van der Waals surface area contributed by atoms with Crippen molar-refractivity contribution in [2.75, 3.05) is 0 Å². The van der Waals surface area contributed by atoms with Gasteiger partial charge in [0, 0.05) is 35.7 Å². The second-order valence-corrected chi connectivity index (χ2v) is 8.13. The normalized spacial score (nSPS) is 14.8. The van der Waals surface area contributed by atoms with Crippen LogP contribution >= 0.6 is 11.8 Å². The van der Waals surface area contributed by atoms with Crippen LogP contribution in [0.15, 0.2) is 71.8 Å². The smallest absolute Gasteiger partial charge is 0.293 e. The average molecular weight is 464 g/mol. The Morgan fingerprint density at radius 3 is 2.30 bits per heavy atom. The zero-order valence-corrected chi connectivity index (χ0v) is 17.8. The van der Waals surface area contributed by atoms with Crippen LogP contribution < -0.4 is 0 Å². The molecular formula is C22H16N4O6S. The van der Waals surface area contributed by atoms with Gasteiger partial charge in [-0.1, -0.05) is 30.3 Å². The van der Waals surface area contributed by atoms with Crippen molar-refractivity contribution < 1.29 is 19.4 Å². The highest BCUT2D eigenvalue weighted by Crippen LogP contribution is 2.33. The Labute approximate surface area is 191 Å². The number of nitrogens with zero attached hydrogens (tertiary/aromatic N) is 4. The van der Waals surface area contributed by atoms with Crippen molar-refractivity contribution in [2.24, 2.45) is 0 Å². The Morgan fingerprint density at radius 1 is 0.879 bits per heavy atom. The van der Waals surface area contributed by atoms with Crippen LogP contribution in [0.2, 0.25) is 0 Å². The maximum atomic E-state index is 12.8. The van der Waals surface area contributed by atoms with Gasteiger partial charge < -0.3 is 4.57 Å². The third-order valence-corrected chi connectivity index (χ3v) is 5.94. The lowest BCUT2D eigenvalue weighted by atomic mass is 10.2. The van der Waals surface area contributed by atoms with Gasteiger partial charge in [-0.25, -0.2) is 0 Å². The molecule has 0 atom stereocenters. The summed E-state index contributed by atoms with van der Waals surface area (Å²) in [5, 5.41) is 21.6. The minimum atomic E-state index is -0.522. The third-order valence-electron chi connectivity index (χ3n) is 5.03. The van der Waals surface area contributed by atoms with Crippen LogP contribution in [0, 0.1) is 20.2 Å². The quantitative estimate of drug-likeness (QED) is 0.284. The van der Waals surface area contributed by atoms with Crippen LogP contribution in [-0.2, 0) is 17.9 Å². The van der Waals surface area contributed by atoms with E-state index in [0.717, 1.165) is 16.7 Å². The second-order valence-electron chi connectivity index (χ2n) is 7.14. The van der Waals surface area contributed by atoms with Crippen molar-refractivity contribution >= 4 is 40.4 Å². The molecule has 0 bridgehead atoms. The van der Waals surface area contributed by atoms with Crippen LogP contribution in [0.3, 0.4) is 0 Å². The molecule has 2 aromatic carbocycles. The van der Waals surface area contributed by atoms with E-state index >= 15 is 0 Å². The Balaban J connectivity index is 1.53. The van der Waals surface area contributed by atoms with Gasteiger partial charge in [0.15, 0.2) is 0 Å². The van der Waals surface area contributed by atoms with Crippen LogP contribution in [0.25, 0.3) is 6.08 Å². The number of amides is 2. The first-order chi connectivity index (χ1) is 15.8. The van der Waals surface area contributed by atoms with Gasteiger partial charge in [-0.05, 0) is 35.5 Å². The van der Waals surface area contributed by atoms with Gasteiger partial charge in [0.1, 0.15) is 0 Å². The maximum absolute atomic E-state index is 12.8. The predicted octanol–water partition coefficient (Wildman–Crippen LogP) is 4.59. The summed E-state index contributed by atoms with van der Waals surface area (Å²) in [6, 6.07) is 15.6. The molecule has 33 heavy (non-hydrogen) atoms. The minimum Gasteiger partial charge on any atom is -0.343 e. The van der Waals surface area contributed by atoms with Gasteiger partial charge in [0.2, 0.25) is 0 Å². The molecule has 0 unspecified atom stereocenters. The number of carbonyl (C=O) groups is 2. The second kappa shape index (κ2) is 9.09. The Morgan fingerprint density at radius 2 is 1.61 bits per heavy atom. The van der Waals surface area contributed by atoms with Gasteiger partial charge in [-0.2, -0.15) is 0 Å². The van der Waals surface area contributed by atoms with E-state index in [-0.39, 0.29) is 29.4 Å². The molecule has 3 aromatic rings. The first-order valence-electron chi connectivity index (χ1n) is 9.69. The molecule has 10 nitrogen and oxygen atoms in total. The van der Waals surface area contributed by atoms with E-state index in [1.807, 2.05) is 0 Å². The van der Waals surface area contributed by atoms with Crippen molar-refractivity contribution in [3.05, 3.63) is 109 Å². The molecule has 1 fully saturated rings. The van der Waals surface area contributed by atoms with E-state index in [4.69, 9.17) is 0 Å². The number of imide groups is 1. The Kier molecular flexibility index (Phi) is 6.05. The number of aromatic nitrogens is 1. The summed E-state index contributed by atoms with van der Waals surface area (Å²) in [5.41, 5.74) is 1.64. The van der Waals surface area contributed by atoms with Gasteiger partial charge in [0.05, 0.1) is 27.8 Å². The molecule has 0 radical (unpaired) electrons. The molecule has 0 spiro atoms. The number of para-hydroxylation sites is 1. The van der Waals surface area contributed by atoms with E-state index < -0.39 is 21.0 Å². The van der Waals surface area contributed by atoms with E-state index in [1.165, 1.54) is 30.3 Å². The van der Waals surface area contributed by atoms with Gasteiger partial charge in [0.25, 0.3) is 22.5 Å². The van der Waals surface area contributed by atoms with Crippen molar-refractivity contribution in [1.82, 2.24) is 9.47 Å². The number of hydrogen-bond donors (Lipinski definition) is 0. The van der Waals surface area contributed by atoms with Crippen LogP contribution in [0.1, 0.15) is 16.8 Å². The van der Waals surface area contributed by atoms with Crippen molar-refractivity contribution in [2.45, 2.75) is 13.1 Å². The Hall–Kier alpha value is -4.25. The van der Waals surface area contributed by atoms with E-state index in [1.54, 1.807) is 47.2 Å². The summed E-state index contributed by atoms with van der Waals surface area (Å²) in [5.74, 6) is -0.471. The Bertz CT molecular complexity index is 1300. The average Bonchev–Trinajstić information content (AvgIpc) is 3.33. The van der Waals surface area contributed by atoms with E-state index in [9.17, 15) is 29.8 Å². The van der Waals surface area contributed by atoms with Crippen LogP contribution in [0.5, 0.6) is 0 Å². The number of benzene rings is 2. The molecule has 1 aliphatic rings. The number of carbonyl (C=O) groups excluding carboxylic acids is 2. The molecule has 4 rings (SSSR count). The van der Waals surface area contributed by atoms with Gasteiger partial charge in [-0.3, -0.25) is 34.7 Å². The molecule has 0 aliphatic carbocycles. The molecule has 2 heterocycles. The summed E-state index contributed by atoms with van der Waals surface area (Å²) < 4.78 is 1.76. The maximum Gasteiger partial charge on any atom is 0.293 e.